The van der Waals surface area contributed by atoms with Gasteiger partial charge in [0.1, 0.15) is 36.6 Å². The van der Waals surface area contributed by atoms with Crippen molar-refractivity contribution < 1.29 is 100 Å². The molecule has 2 aliphatic rings. The van der Waals surface area contributed by atoms with Crippen molar-refractivity contribution in [3.05, 3.63) is 77.9 Å². The first-order chi connectivity index (χ1) is 42.5. The Morgan fingerprint density at radius 3 is 1.96 bits per heavy atom. The summed E-state index contributed by atoms with van der Waals surface area (Å²) in [5, 5.41) is 16.8. The lowest BCUT2D eigenvalue weighted by Crippen LogP contribution is -2.64. The molecule has 26 nitrogen and oxygen atoms in total. The van der Waals surface area contributed by atoms with Crippen LogP contribution < -0.4 is 15.4 Å². The van der Waals surface area contributed by atoms with Gasteiger partial charge in [-0.05, 0) is 60.8 Å². The van der Waals surface area contributed by atoms with E-state index in [4.69, 9.17) is 47.4 Å². The fourth-order valence-electron chi connectivity index (χ4n) is 11.4. The summed E-state index contributed by atoms with van der Waals surface area (Å²) in [7, 11) is 6.95. The van der Waals surface area contributed by atoms with Crippen LogP contribution in [0, 0.1) is 23.7 Å². The van der Waals surface area contributed by atoms with Gasteiger partial charge in [0.05, 0.1) is 55.9 Å². The van der Waals surface area contributed by atoms with Crippen LogP contribution in [0.25, 0.3) is 0 Å². The Balaban J connectivity index is 1.53. The topological polar surface area (TPSA) is 317 Å². The van der Waals surface area contributed by atoms with Gasteiger partial charge >= 0.3 is 35.9 Å². The molecule has 0 saturated carbocycles. The number of ether oxygens (including phenoxy) is 10. The number of aliphatic hydroxyl groups excluding tert-OH is 1. The molecule has 0 bridgehead atoms. The number of likely N-dealkylation sites (N-methyl/N-ethyl adjacent to an activating group) is 2. The number of hydrogen-bond donors (Lipinski definition) is 3. The number of rotatable bonds is 31. The van der Waals surface area contributed by atoms with E-state index in [9.17, 15) is 53.1 Å². The van der Waals surface area contributed by atoms with Gasteiger partial charge < -0.3 is 72.9 Å². The first kappa shape index (κ1) is 74.8. The summed E-state index contributed by atoms with van der Waals surface area (Å²) in [4.78, 5) is 140. The molecule has 2 fully saturated rings. The Morgan fingerprint density at radius 2 is 1.40 bits per heavy atom. The van der Waals surface area contributed by atoms with E-state index in [1.165, 1.54) is 50.4 Å². The summed E-state index contributed by atoms with van der Waals surface area (Å²) in [5.74, 6) is -8.82. The van der Waals surface area contributed by atoms with E-state index in [-0.39, 0.29) is 47.6 Å². The number of amides is 5. The second kappa shape index (κ2) is 35.1. The average molecular weight is 1270 g/mol. The third-order valence-corrected chi connectivity index (χ3v) is 16.1. The predicted octanol–water partition coefficient (Wildman–Crippen LogP) is 4.99. The zero-order valence-electron chi connectivity index (χ0n) is 54.6. The largest absolute Gasteiger partial charge is 0.467 e. The smallest absolute Gasteiger partial charge is 0.410 e. The van der Waals surface area contributed by atoms with Crippen molar-refractivity contribution in [2.45, 2.75) is 188 Å². The van der Waals surface area contributed by atoms with E-state index in [2.05, 4.69) is 17.2 Å². The van der Waals surface area contributed by atoms with Gasteiger partial charge in [0, 0.05) is 55.6 Å². The van der Waals surface area contributed by atoms with E-state index < -0.39 is 151 Å². The molecule has 2 heterocycles. The quantitative estimate of drug-likeness (QED) is 0.0508. The first-order valence-corrected chi connectivity index (χ1v) is 30.2. The lowest BCUT2D eigenvalue weighted by atomic mass is 9.89. The van der Waals surface area contributed by atoms with Gasteiger partial charge in [-0.3, -0.25) is 38.5 Å². The maximum absolute atomic E-state index is 14.9. The van der Waals surface area contributed by atoms with Crippen molar-refractivity contribution in [2.75, 3.05) is 48.6 Å². The minimum Gasteiger partial charge on any atom is -0.467 e. The molecule has 3 N–H and O–H groups in total. The first-order valence-electron chi connectivity index (χ1n) is 30.2. The maximum Gasteiger partial charge on any atom is 0.410 e. The standard InChI is InChI=1S/C64H93N5O21/c1-18-30-84-61(78)44-31-42(27-28-46(44)89-63-57(88-41(12)72)55(87-40(11)71)54(86-39(10)70)56(90-63)62(79)83-17)33-85-64(80)68(14)50(35(5)6)59(76)66-49(34(3)4)60(77)67(13)51(36(7)19-2)47(81-15)32-48(73)69-29-23-26-45(69)53(82-16)37(8)58(75)65-38(9)52(74)43-24-21-20-22-25-43/h18,20-22,24-25,27-28,31,34-38,45,47,49-57,63,74H,1,19,23,26,29-30,32-33H2,2-17H3,(H,65,75)(H,66,76)/t36?,37-,38?,45+,47-,49+,50+,51+,52-,53?,54+,55+,56?,57-,63?/m1/s1. The van der Waals surface area contributed by atoms with Crippen LogP contribution in [0.2, 0.25) is 0 Å². The summed E-state index contributed by atoms with van der Waals surface area (Å²) >= 11 is 0. The van der Waals surface area contributed by atoms with Crippen molar-refractivity contribution in [2.24, 2.45) is 23.7 Å². The summed E-state index contributed by atoms with van der Waals surface area (Å²) in [6.07, 6.45) is -9.21. The molecule has 26 heteroatoms. The number of aliphatic hydroxyl groups is 1. The summed E-state index contributed by atoms with van der Waals surface area (Å²) in [5.41, 5.74) is 0.555. The van der Waals surface area contributed by atoms with Crippen LogP contribution >= 0.6 is 0 Å². The fraction of sp³-hybridized carbons (Fsp3) is 0.625. The summed E-state index contributed by atoms with van der Waals surface area (Å²) < 4.78 is 56.2. The van der Waals surface area contributed by atoms with Gasteiger partial charge in [0.25, 0.3) is 0 Å². The average Bonchev–Trinajstić information content (AvgIpc) is 0.847. The fourth-order valence-corrected chi connectivity index (χ4v) is 11.4. The number of nitrogens with one attached hydrogen (secondary N) is 2. The number of benzene rings is 2. The molecule has 0 aromatic heterocycles. The monoisotopic (exact) mass is 1270 g/mol. The molecular formula is C64H93N5O21. The molecule has 0 spiro atoms. The van der Waals surface area contributed by atoms with Crippen LogP contribution in [0.3, 0.4) is 0 Å². The lowest BCUT2D eigenvalue weighted by Gasteiger charge is -2.43. The maximum atomic E-state index is 14.9. The number of likely N-dealkylation sites (tertiary alicyclic amines) is 1. The van der Waals surface area contributed by atoms with Gasteiger partial charge in [-0.25, -0.2) is 14.4 Å². The number of methoxy groups -OCH3 is 3. The van der Waals surface area contributed by atoms with E-state index in [1.807, 2.05) is 19.9 Å². The molecule has 500 valence electrons. The van der Waals surface area contributed by atoms with Gasteiger partial charge in [0.2, 0.25) is 36.0 Å². The third-order valence-electron chi connectivity index (χ3n) is 16.1. The van der Waals surface area contributed by atoms with Crippen LogP contribution in [0.1, 0.15) is 129 Å². The third kappa shape index (κ3) is 19.7. The van der Waals surface area contributed by atoms with Crippen molar-refractivity contribution in [3.63, 3.8) is 0 Å². The van der Waals surface area contributed by atoms with Gasteiger partial charge in [-0.2, -0.15) is 0 Å². The zero-order chi connectivity index (χ0) is 67.4. The molecule has 0 radical (unpaired) electrons. The zero-order valence-corrected chi connectivity index (χ0v) is 54.6. The van der Waals surface area contributed by atoms with E-state index in [1.54, 1.807) is 77.8 Å². The van der Waals surface area contributed by atoms with Crippen LogP contribution in [-0.2, 0) is 87.6 Å². The number of carbonyl (C=O) groups is 10. The van der Waals surface area contributed by atoms with Gasteiger partial charge in [-0.15, -0.1) is 0 Å². The van der Waals surface area contributed by atoms with E-state index >= 15 is 0 Å². The Morgan fingerprint density at radius 1 is 0.778 bits per heavy atom. The van der Waals surface area contributed by atoms with Crippen molar-refractivity contribution >= 4 is 59.6 Å². The number of hydrogen-bond acceptors (Lipinski definition) is 21. The van der Waals surface area contributed by atoms with E-state index in [0.717, 1.165) is 32.8 Å². The Hall–Kier alpha value is -7.68. The predicted molar refractivity (Wildman–Crippen MR) is 323 cm³/mol. The second-order valence-electron chi connectivity index (χ2n) is 23.3. The Bertz CT molecular complexity index is 2800. The van der Waals surface area contributed by atoms with Crippen LogP contribution in [-0.4, -0.2) is 201 Å². The molecule has 5 unspecified atom stereocenters. The summed E-state index contributed by atoms with van der Waals surface area (Å²) in [6, 6.07) is 8.85. The normalized spacial score (nSPS) is 21.1. The second-order valence-corrected chi connectivity index (χ2v) is 23.3. The van der Waals surface area contributed by atoms with Crippen molar-refractivity contribution in [1.29, 1.82) is 0 Å². The molecule has 2 aliphatic heterocycles. The molecule has 0 aliphatic carbocycles. The highest BCUT2D eigenvalue weighted by molar-refractivity contribution is 5.93. The van der Waals surface area contributed by atoms with Gasteiger partial charge in [-0.1, -0.05) is 104 Å². The molecule has 4 rings (SSSR count). The molecular weight excluding hydrogens is 1170 g/mol. The van der Waals surface area contributed by atoms with Crippen LogP contribution in [0.5, 0.6) is 5.75 Å². The number of carbonyl (C=O) groups excluding carboxylic acids is 10. The highest BCUT2D eigenvalue weighted by Crippen LogP contribution is 2.35. The van der Waals surface area contributed by atoms with Crippen molar-refractivity contribution in [3.8, 4) is 5.75 Å². The highest BCUT2D eigenvalue weighted by atomic mass is 16.7. The molecule has 5 amide bonds. The van der Waals surface area contributed by atoms with Gasteiger partial charge in [0.15, 0.2) is 18.3 Å². The lowest BCUT2D eigenvalue weighted by molar-refractivity contribution is -0.282. The van der Waals surface area contributed by atoms with Crippen molar-refractivity contribution in [1.82, 2.24) is 25.3 Å². The molecule has 15 atom stereocenters. The Labute approximate surface area is 527 Å². The SMILES string of the molecule is C=CCOC(=O)c1cc(COC(=O)N(C)[C@H](C(=O)N[C@H](C(=O)N(C)[C@@H](C(C)CC)[C@@H](CC(=O)N2CCC[C@H]2C(OC)[C@@H](C)C(=O)NC(C)[C@@H](O)c2ccccc2)OC)C(C)C)C(C)C)ccc1OC1OC(C(=O)OC)[C@@H](OC(C)=O)[C@H](OC(C)=O)[C@H]1OC(C)=O. The van der Waals surface area contributed by atoms with E-state index in [0.29, 0.717) is 31.4 Å². The molecule has 2 aromatic rings. The molecule has 2 aromatic carbocycles. The molecule has 90 heavy (non-hydrogen) atoms. The Kier molecular flexibility index (Phi) is 29.1. The number of nitrogens with zero attached hydrogens (tertiary/aromatic N) is 3. The highest BCUT2D eigenvalue weighted by Gasteiger charge is 2.56. The minimum absolute atomic E-state index is 0.122. The van der Waals surface area contributed by atoms with Crippen LogP contribution in [0.15, 0.2) is 61.2 Å². The number of esters is 5. The molecule has 2 saturated heterocycles. The minimum atomic E-state index is -1.84. The summed E-state index contributed by atoms with van der Waals surface area (Å²) in [6.45, 7) is 20.6. The van der Waals surface area contributed by atoms with Crippen LogP contribution in [0.4, 0.5) is 4.79 Å².